The van der Waals surface area contributed by atoms with E-state index in [2.05, 4.69) is 26.3 Å². The zero-order valence-corrected chi connectivity index (χ0v) is 14.7. The zero-order valence-electron chi connectivity index (χ0n) is 13.1. The first-order valence-electron chi connectivity index (χ1n) is 7.59. The molecule has 134 valence electrons. The number of nitrogens with one attached hydrogen (secondary N) is 1. The van der Waals surface area contributed by atoms with E-state index in [1.54, 1.807) is 6.07 Å². The second-order valence-corrected chi connectivity index (χ2v) is 6.88. The van der Waals surface area contributed by atoms with Gasteiger partial charge in [-0.3, -0.25) is 9.48 Å². The number of carbonyl (C=O) groups excluding carboxylic acids is 1. The second kappa shape index (κ2) is 6.44. The van der Waals surface area contributed by atoms with Crippen molar-refractivity contribution < 1.29 is 22.4 Å². The lowest BCUT2D eigenvalue weighted by Crippen LogP contribution is -2.26. The minimum atomic E-state index is -4.58. The van der Waals surface area contributed by atoms with Crippen molar-refractivity contribution in [1.82, 2.24) is 9.78 Å². The number of anilines is 1. The molecule has 1 aliphatic rings. The summed E-state index contributed by atoms with van der Waals surface area (Å²) in [5.41, 5.74) is -0.689. The number of hydrogen-bond donors (Lipinski definition) is 1. The molecule has 1 aliphatic carbocycles. The van der Waals surface area contributed by atoms with Crippen LogP contribution in [0.4, 0.5) is 23.2 Å². The van der Waals surface area contributed by atoms with E-state index in [-0.39, 0.29) is 11.6 Å². The summed E-state index contributed by atoms with van der Waals surface area (Å²) in [5.74, 6) is -1.31. The van der Waals surface area contributed by atoms with E-state index >= 15 is 0 Å². The number of nitrogens with zero attached hydrogens (tertiary/aromatic N) is 2. The Labute approximate surface area is 149 Å². The molecule has 0 bridgehead atoms. The van der Waals surface area contributed by atoms with Crippen molar-refractivity contribution in [2.75, 3.05) is 5.32 Å². The Kier molecular flexibility index (Phi) is 4.61. The fraction of sp³-hybridized carbons (Fsp3) is 0.375. The van der Waals surface area contributed by atoms with Crippen LogP contribution < -0.4 is 5.32 Å². The summed E-state index contributed by atoms with van der Waals surface area (Å²) in [6.45, 7) is 1.44. The van der Waals surface area contributed by atoms with Crippen molar-refractivity contribution in [3.05, 3.63) is 45.9 Å². The number of hydrogen-bond acceptors (Lipinski definition) is 2. The molecule has 1 aromatic heterocycles. The molecule has 2 aromatic rings. The summed E-state index contributed by atoms with van der Waals surface area (Å²) in [4.78, 5) is 12.4. The van der Waals surface area contributed by atoms with Crippen molar-refractivity contribution in [2.24, 2.45) is 0 Å². The maximum atomic E-state index is 13.8. The van der Waals surface area contributed by atoms with Crippen LogP contribution in [0.25, 0.3) is 0 Å². The summed E-state index contributed by atoms with van der Waals surface area (Å²) in [5, 5.41) is 5.96. The summed E-state index contributed by atoms with van der Waals surface area (Å²) in [6, 6.07) is 4.09. The molecule has 1 amide bonds. The summed E-state index contributed by atoms with van der Waals surface area (Å²) in [7, 11) is 0. The predicted octanol–water partition coefficient (Wildman–Crippen LogP) is 4.88. The first-order chi connectivity index (χ1) is 11.7. The maximum absolute atomic E-state index is 13.8. The van der Waals surface area contributed by atoms with Crippen molar-refractivity contribution in [1.29, 1.82) is 0 Å². The Morgan fingerprint density at radius 2 is 2.04 bits per heavy atom. The quantitative estimate of drug-likeness (QED) is 0.717. The van der Waals surface area contributed by atoms with Crippen LogP contribution in [0.1, 0.15) is 43.1 Å². The molecule has 0 aliphatic heterocycles. The summed E-state index contributed by atoms with van der Waals surface area (Å²) >= 11 is 3.11. The van der Waals surface area contributed by atoms with Crippen LogP contribution in [0.2, 0.25) is 0 Å². The molecule has 1 heterocycles. The second-order valence-electron chi connectivity index (χ2n) is 5.96. The van der Waals surface area contributed by atoms with Crippen molar-refractivity contribution in [2.45, 2.75) is 37.9 Å². The minimum Gasteiger partial charge on any atom is -0.322 e. The van der Waals surface area contributed by atoms with Gasteiger partial charge in [0.15, 0.2) is 5.69 Å². The highest BCUT2D eigenvalue weighted by atomic mass is 79.9. The third-order valence-corrected chi connectivity index (χ3v) is 4.48. The predicted molar refractivity (Wildman–Crippen MR) is 86.6 cm³/mol. The van der Waals surface area contributed by atoms with Crippen LogP contribution in [0.3, 0.4) is 0 Å². The maximum Gasteiger partial charge on any atom is 0.435 e. The van der Waals surface area contributed by atoms with Crippen LogP contribution in [0.15, 0.2) is 28.7 Å². The molecular weight excluding hydrogens is 406 g/mol. The number of alkyl halides is 3. The van der Waals surface area contributed by atoms with Crippen LogP contribution in [-0.4, -0.2) is 15.7 Å². The smallest absolute Gasteiger partial charge is 0.322 e. The fourth-order valence-corrected chi connectivity index (χ4v) is 2.81. The molecule has 0 saturated heterocycles. The first kappa shape index (κ1) is 17.9. The monoisotopic (exact) mass is 419 g/mol. The Bertz CT molecular complexity index is 814. The van der Waals surface area contributed by atoms with Gasteiger partial charge in [0, 0.05) is 16.1 Å². The van der Waals surface area contributed by atoms with Gasteiger partial charge in [0.2, 0.25) is 5.91 Å². The molecule has 4 nitrogen and oxygen atoms in total. The molecule has 9 heteroatoms. The van der Waals surface area contributed by atoms with Crippen molar-refractivity contribution >= 4 is 27.5 Å². The molecule has 25 heavy (non-hydrogen) atoms. The van der Waals surface area contributed by atoms with Crippen molar-refractivity contribution in [3.8, 4) is 0 Å². The minimum absolute atomic E-state index is 0.0248. The molecule has 1 atom stereocenters. The van der Waals surface area contributed by atoms with Gasteiger partial charge in [-0.2, -0.15) is 18.3 Å². The normalized spacial score (nSPS) is 15.9. The van der Waals surface area contributed by atoms with Gasteiger partial charge in [0.05, 0.1) is 5.69 Å². The lowest BCUT2D eigenvalue weighted by Gasteiger charge is -2.16. The fourth-order valence-electron chi connectivity index (χ4n) is 2.48. The number of rotatable bonds is 4. The van der Waals surface area contributed by atoms with E-state index in [1.165, 1.54) is 19.1 Å². The van der Waals surface area contributed by atoms with Crippen LogP contribution in [0.5, 0.6) is 0 Å². The Morgan fingerprint density at radius 1 is 1.36 bits per heavy atom. The van der Waals surface area contributed by atoms with Gasteiger partial charge >= 0.3 is 6.18 Å². The highest BCUT2D eigenvalue weighted by Gasteiger charge is 2.39. The van der Waals surface area contributed by atoms with E-state index in [1.807, 2.05) is 0 Å². The van der Waals surface area contributed by atoms with E-state index in [0.717, 1.165) is 23.6 Å². The zero-order chi connectivity index (χ0) is 18.4. The summed E-state index contributed by atoms with van der Waals surface area (Å²) in [6.07, 6.45) is -3.06. The van der Waals surface area contributed by atoms with Gasteiger partial charge in [0.25, 0.3) is 0 Å². The van der Waals surface area contributed by atoms with Crippen LogP contribution in [0, 0.1) is 5.82 Å². The first-order valence-corrected chi connectivity index (χ1v) is 8.38. The van der Waals surface area contributed by atoms with Crippen LogP contribution >= 0.6 is 15.9 Å². The van der Waals surface area contributed by atoms with E-state index in [0.29, 0.717) is 10.2 Å². The molecule has 1 aromatic carbocycles. The number of benzene rings is 1. The molecular formula is C16H14BrF4N3O. The number of amides is 1. The molecule has 1 unspecified atom stereocenters. The lowest BCUT2D eigenvalue weighted by atomic mass is 10.2. The number of carbonyl (C=O) groups is 1. The van der Waals surface area contributed by atoms with Crippen molar-refractivity contribution in [3.63, 3.8) is 0 Å². The molecule has 0 spiro atoms. The van der Waals surface area contributed by atoms with Gasteiger partial charge in [-0.25, -0.2) is 4.39 Å². The van der Waals surface area contributed by atoms with Gasteiger partial charge in [-0.05, 0) is 44.0 Å². The van der Waals surface area contributed by atoms with E-state index in [9.17, 15) is 22.4 Å². The number of halogens is 5. The molecule has 3 rings (SSSR count). The molecule has 1 N–H and O–H groups in total. The van der Waals surface area contributed by atoms with Crippen LogP contribution in [-0.2, 0) is 11.0 Å². The van der Waals surface area contributed by atoms with Gasteiger partial charge in [-0.15, -0.1) is 0 Å². The van der Waals surface area contributed by atoms with Gasteiger partial charge in [0.1, 0.15) is 11.9 Å². The molecule has 1 saturated carbocycles. The topological polar surface area (TPSA) is 46.9 Å². The standard InChI is InChI=1S/C16H14BrF4N3O/c1-8(15(25)22-12-5-4-10(17)6-11(12)18)24-13(9-2-3-9)7-14(23-24)16(19,20)21/h4-9H,2-3H2,1H3,(H,22,25). The van der Waals surface area contributed by atoms with Gasteiger partial charge < -0.3 is 5.32 Å². The number of aromatic nitrogens is 2. The third-order valence-electron chi connectivity index (χ3n) is 3.99. The largest absolute Gasteiger partial charge is 0.435 e. The Morgan fingerprint density at radius 3 is 2.60 bits per heavy atom. The SMILES string of the molecule is CC(C(=O)Nc1ccc(Br)cc1F)n1nc(C(F)(F)F)cc1C1CC1. The average molecular weight is 420 g/mol. The van der Waals surface area contributed by atoms with E-state index < -0.39 is 29.6 Å². The highest BCUT2D eigenvalue weighted by Crippen LogP contribution is 2.43. The Hall–Kier alpha value is -1.90. The summed E-state index contributed by atoms with van der Waals surface area (Å²) < 4.78 is 54.2. The van der Waals surface area contributed by atoms with Gasteiger partial charge in [-0.1, -0.05) is 15.9 Å². The molecule has 1 fully saturated rings. The van der Waals surface area contributed by atoms with E-state index in [4.69, 9.17) is 0 Å². The third kappa shape index (κ3) is 3.86. The lowest BCUT2D eigenvalue weighted by molar-refractivity contribution is -0.141. The Balaban J connectivity index is 1.85. The average Bonchev–Trinajstić information content (AvgIpc) is 3.26. The molecule has 0 radical (unpaired) electrons. The highest BCUT2D eigenvalue weighted by molar-refractivity contribution is 9.10.